The molecule has 4 heteroatoms. The fourth-order valence-electron chi connectivity index (χ4n) is 5.48. The summed E-state index contributed by atoms with van der Waals surface area (Å²) in [6.07, 6.45) is 28.9. The number of unbranched alkanes of at least 4 members (excludes halogenated alkanes) is 19. The lowest BCUT2D eigenvalue weighted by Gasteiger charge is -2.32. The van der Waals surface area contributed by atoms with Crippen molar-refractivity contribution in [2.24, 2.45) is 0 Å². The highest BCUT2D eigenvalue weighted by Crippen LogP contribution is 2.18. The van der Waals surface area contributed by atoms with Gasteiger partial charge in [0.2, 0.25) is 0 Å². The van der Waals surface area contributed by atoms with Crippen molar-refractivity contribution in [3.05, 3.63) is 0 Å². The highest BCUT2D eigenvalue weighted by Gasteiger charge is 2.26. The summed E-state index contributed by atoms with van der Waals surface area (Å²) in [5.74, 6) is 0.304. The number of likely N-dealkylation sites (N-methyl/N-ethyl adjacent to an activating group) is 1. The molecular formula is C33H65NO3. The zero-order chi connectivity index (χ0) is 26.8. The van der Waals surface area contributed by atoms with Gasteiger partial charge in [-0.1, -0.05) is 136 Å². The van der Waals surface area contributed by atoms with Crippen LogP contribution in [0.2, 0.25) is 0 Å². The minimum atomic E-state index is -0.279. The second kappa shape index (κ2) is 25.8. The van der Waals surface area contributed by atoms with Gasteiger partial charge in [0.15, 0.2) is 5.78 Å². The predicted octanol–water partition coefficient (Wildman–Crippen LogP) is 9.28. The van der Waals surface area contributed by atoms with Gasteiger partial charge in [0.25, 0.3) is 0 Å². The standard InChI is InChI=1S/C33H65NO3/c1-4-6-8-10-12-14-15-16-18-20-22-24-27-37-33(29-31-30-34(3)26-28-36-31)32(35)25-23-21-19-17-13-11-9-7-5-2/h31,33H,4-30H2,1-3H3. The highest BCUT2D eigenvalue weighted by atomic mass is 16.5. The zero-order valence-electron chi connectivity index (χ0n) is 25.4. The van der Waals surface area contributed by atoms with Crippen LogP contribution < -0.4 is 0 Å². The average molecular weight is 524 g/mol. The lowest BCUT2D eigenvalue weighted by molar-refractivity contribution is -0.135. The van der Waals surface area contributed by atoms with Crippen LogP contribution in [-0.4, -0.2) is 56.2 Å². The molecule has 2 atom stereocenters. The summed E-state index contributed by atoms with van der Waals surface area (Å²) >= 11 is 0. The molecule has 0 aromatic heterocycles. The van der Waals surface area contributed by atoms with Crippen molar-refractivity contribution < 1.29 is 14.3 Å². The van der Waals surface area contributed by atoms with Gasteiger partial charge in [-0.3, -0.25) is 4.79 Å². The number of ketones is 1. The molecule has 0 bridgehead atoms. The molecule has 1 aliphatic heterocycles. The number of hydrogen-bond donors (Lipinski definition) is 0. The van der Waals surface area contributed by atoms with Crippen LogP contribution in [0, 0.1) is 0 Å². The summed E-state index contributed by atoms with van der Waals surface area (Å²) in [5.41, 5.74) is 0. The van der Waals surface area contributed by atoms with E-state index in [1.165, 1.54) is 122 Å². The van der Waals surface area contributed by atoms with Gasteiger partial charge >= 0.3 is 0 Å². The fraction of sp³-hybridized carbons (Fsp3) is 0.970. The molecule has 2 unspecified atom stereocenters. The van der Waals surface area contributed by atoms with Crippen molar-refractivity contribution in [2.45, 2.75) is 174 Å². The second-order valence-electron chi connectivity index (χ2n) is 11.8. The average Bonchev–Trinajstić information content (AvgIpc) is 2.89. The van der Waals surface area contributed by atoms with Crippen LogP contribution in [0.4, 0.5) is 0 Å². The Balaban J connectivity index is 2.17. The van der Waals surface area contributed by atoms with E-state index in [9.17, 15) is 4.79 Å². The van der Waals surface area contributed by atoms with Gasteiger partial charge in [0.05, 0.1) is 12.7 Å². The van der Waals surface area contributed by atoms with Crippen LogP contribution in [0.5, 0.6) is 0 Å². The molecule has 1 saturated heterocycles. The van der Waals surface area contributed by atoms with Gasteiger partial charge in [0.1, 0.15) is 6.10 Å². The Kier molecular flexibility index (Phi) is 24.1. The summed E-state index contributed by atoms with van der Waals surface area (Å²) in [4.78, 5) is 15.4. The van der Waals surface area contributed by atoms with Crippen molar-refractivity contribution in [2.75, 3.05) is 33.4 Å². The summed E-state index contributed by atoms with van der Waals surface area (Å²) in [5, 5.41) is 0. The normalized spacial score (nSPS) is 17.3. The summed E-state index contributed by atoms with van der Waals surface area (Å²) in [6, 6.07) is 0. The Labute approximate surface area is 232 Å². The number of nitrogens with zero attached hydrogens (tertiary/aromatic N) is 1. The molecule has 0 aromatic rings. The quantitative estimate of drug-likeness (QED) is 0.101. The van der Waals surface area contributed by atoms with Gasteiger partial charge in [0, 0.05) is 32.5 Å². The van der Waals surface area contributed by atoms with E-state index in [2.05, 4.69) is 25.8 Å². The molecule has 1 heterocycles. The van der Waals surface area contributed by atoms with Gasteiger partial charge in [-0.2, -0.15) is 0 Å². The maximum Gasteiger partial charge on any atom is 0.161 e. The van der Waals surface area contributed by atoms with Crippen molar-refractivity contribution in [3.63, 3.8) is 0 Å². The maximum atomic E-state index is 13.1. The minimum absolute atomic E-state index is 0.123. The third-order valence-electron chi connectivity index (χ3n) is 8.02. The second-order valence-corrected chi connectivity index (χ2v) is 11.8. The van der Waals surface area contributed by atoms with E-state index in [-0.39, 0.29) is 12.2 Å². The Hall–Kier alpha value is -0.450. The van der Waals surface area contributed by atoms with Crippen LogP contribution in [0.15, 0.2) is 0 Å². The smallest absolute Gasteiger partial charge is 0.161 e. The summed E-state index contributed by atoms with van der Waals surface area (Å²) < 4.78 is 12.2. The van der Waals surface area contributed by atoms with E-state index in [0.29, 0.717) is 18.8 Å². The monoisotopic (exact) mass is 523 g/mol. The first-order valence-corrected chi connectivity index (χ1v) is 16.6. The predicted molar refractivity (Wildman–Crippen MR) is 160 cm³/mol. The van der Waals surface area contributed by atoms with E-state index >= 15 is 0 Å². The molecule has 220 valence electrons. The van der Waals surface area contributed by atoms with E-state index in [1.807, 2.05) is 0 Å². The highest BCUT2D eigenvalue weighted by molar-refractivity contribution is 5.83. The molecule has 37 heavy (non-hydrogen) atoms. The van der Waals surface area contributed by atoms with Gasteiger partial charge < -0.3 is 14.4 Å². The Bertz CT molecular complexity index is 498. The number of Topliss-reactive ketones (excluding diaryl/α,β-unsaturated/α-hetero) is 1. The first-order valence-electron chi connectivity index (χ1n) is 16.6. The number of morpholine rings is 1. The molecule has 0 amide bonds. The number of ether oxygens (including phenoxy) is 2. The first-order chi connectivity index (χ1) is 18.2. The molecule has 0 aliphatic carbocycles. The molecule has 0 aromatic carbocycles. The lowest BCUT2D eigenvalue weighted by Crippen LogP contribution is -2.43. The Morgan fingerprint density at radius 2 is 1.19 bits per heavy atom. The molecule has 1 rings (SSSR count). The Morgan fingerprint density at radius 3 is 1.68 bits per heavy atom. The molecule has 0 N–H and O–H groups in total. The molecule has 0 saturated carbocycles. The van der Waals surface area contributed by atoms with Crippen molar-refractivity contribution in [1.29, 1.82) is 0 Å². The number of carbonyl (C=O) groups is 1. The van der Waals surface area contributed by atoms with Crippen molar-refractivity contribution >= 4 is 5.78 Å². The lowest BCUT2D eigenvalue weighted by atomic mass is 10.0. The molecule has 4 nitrogen and oxygen atoms in total. The zero-order valence-corrected chi connectivity index (χ0v) is 25.4. The van der Waals surface area contributed by atoms with Gasteiger partial charge in [-0.25, -0.2) is 0 Å². The molecule has 1 fully saturated rings. The van der Waals surface area contributed by atoms with E-state index in [4.69, 9.17) is 9.47 Å². The summed E-state index contributed by atoms with van der Waals surface area (Å²) in [6.45, 7) is 7.92. The maximum absolute atomic E-state index is 13.1. The minimum Gasteiger partial charge on any atom is -0.375 e. The van der Waals surface area contributed by atoms with Crippen LogP contribution in [0.25, 0.3) is 0 Å². The van der Waals surface area contributed by atoms with E-state index in [1.54, 1.807) is 0 Å². The molecule has 0 spiro atoms. The fourth-order valence-corrected chi connectivity index (χ4v) is 5.48. The third-order valence-corrected chi connectivity index (χ3v) is 8.02. The SMILES string of the molecule is CCCCCCCCCCCCCCOC(CC1CN(C)CCO1)C(=O)CCCCCCCCCCC. The number of carbonyl (C=O) groups excluding carboxylic acids is 1. The summed E-state index contributed by atoms with van der Waals surface area (Å²) in [7, 11) is 2.14. The van der Waals surface area contributed by atoms with Crippen LogP contribution in [0.3, 0.4) is 0 Å². The van der Waals surface area contributed by atoms with Crippen molar-refractivity contribution in [1.82, 2.24) is 4.90 Å². The number of rotatable bonds is 27. The topological polar surface area (TPSA) is 38.8 Å². The van der Waals surface area contributed by atoms with E-state index in [0.717, 1.165) is 39.0 Å². The third kappa shape index (κ3) is 21.1. The van der Waals surface area contributed by atoms with Crippen molar-refractivity contribution in [3.8, 4) is 0 Å². The van der Waals surface area contributed by atoms with Crippen LogP contribution >= 0.6 is 0 Å². The van der Waals surface area contributed by atoms with Crippen LogP contribution in [0.1, 0.15) is 162 Å². The molecule has 0 radical (unpaired) electrons. The molecular weight excluding hydrogens is 458 g/mol. The van der Waals surface area contributed by atoms with Gasteiger partial charge in [-0.15, -0.1) is 0 Å². The first kappa shape index (κ1) is 34.6. The van der Waals surface area contributed by atoms with Gasteiger partial charge in [-0.05, 0) is 19.9 Å². The number of hydrogen-bond acceptors (Lipinski definition) is 4. The van der Waals surface area contributed by atoms with E-state index < -0.39 is 0 Å². The van der Waals surface area contributed by atoms with Crippen LogP contribution in [-0.2, 0) is 14.3 Å². The largest absolute Gasteiger partial charge is 0.375 e. The molecule has 1 aliphatic rings. The Morgan fingerprint density at radius 1 is 0.730 bits per heavy atom.